The normalized spacial score (nSPS) is 10.6. The molecular formula is C16H21ClN4O2S2. The van der Waals surface area contributed by atoms with Gasteiger partial charge in [0.15, 0.2) is 5.11 Å². The lowest BCUT2D eigenvalue weighted by atomic mass is 10.2. The number of carbonyl (C=O) groups is 1. The molecule has 0 fully saturated rings. The van der Waals surface area contributed by atoms with Gasteiger partial charge in [-0.25, -0.2) is 4.79 Å². The molecule has 0 aliphatic carbocycles. The first-order valence-electron chi connectivity index (χ1n) is 7.90. The number of hydrogen-bond acceptors (Lipinski definition) is 5. The third-order valence-electron chi connectivity index (χ3n) is 3.50. The molecule has 0 saturated carbocycles. The minimum atomic E-state index is -0.368. The summed E-state index contributed by atoms with van der Waals surface area (Å²) in [6, 6.07) is 1.84. The molecule has 0 amide bonds. The quantitative estimate of drug-likeness (QED) is 0.420. The number of aromatic nitrogens is 2. The Kier molecular flexibility index (Phi) is 7.22. The number of carbonyl (C=O) groups excluding carboxylic acids is 1. The van der Waals surface area contributed by atoms with E-state index >= 15 is 0 Å². The lowest BCUT2D eigenvalue weighted by Crippen LogP contribution is -2.30. The highest BCUT2D eigenvalue weighted by Gasteiger charge is 2.16. The summed E-state index contributed by atoms with van der Waals surface area (Å²) in [5.41, 5.74) is 1.33. The number of aryl methyl sites for hydroxylation is 3. The van der Waals surface area contributed by atoms with Gasteiger partial charge in [-0.15, -0.1) is 11.3 Å². The van der Waals surface area contributed by atoms with Crippen molar-refractivity contribution < 1.29 is 9.53 Å². The van der Waals surface area contributed by atoms with Crippen molar-refractivity contribution in [3.8, 4) is 0 Å². The second kappa shape index (κ2) is 9.17. The Morgan fingerprint density at radius 1 is 1.52 bits per heavy atom. The molecule has 0 aliphatic rings. The topological polar surface area (TPSA) is 68.2 Å². The number of nitrogens with one attached hydrogen (secondary N) is 2. The van der Waals surface area contributed by atoms with Crippen LogP contribution < -0.4 is 10.6 Å². The number of ether oxygens (including phenoxy) is 1. The first-order valence-corrected chi connectivity index (χ1v) is 9.50. The van der Waals surface area contributed by atoms with Crippen molar-refractivity contribution in [2.45, 2.75) is 33.2 Å². The molecule has 0 aromatic carbocycles. The lowest BCUT2D eigenvalue weighted by molar-refractivity contribution is 0.0602. The van der Waals surface area contributed by atoms with Gasteiger partial charge in [-0.2, -0.15) is 5.10 Å². The highest BCUT2D eigenvalue weighted by Crippen LogP contribution is 2.29. The number of thiophene rings is 1. The Bertz CT molecular complexity index is 738. The highest BCUT2D eigenvalue weighted by atomic mass is 35.5. The Morgan fingerprint density at radius 2 is 2.28 bits per heavy atom. The van der Waals surface area contributed by atoms with E-state index in [1.165, 1.54) is 18.4 Å². The predicted molar refractivity (Wildman–Crippen MR) is 106 cm³/mol. The largest absolute Gasteiger partial charge is 0.465 e. The van der Waals surface area contributed by atoms with Crippen LogP contribution in [0.1, 0.15) is 34.3 Å². The van der Waals surface area contributed by atoms with Crippen LogP contribution in [-0.2, 0) is 17.7 Å². The molecule has 0 spiro atoms. The van der Waals surface area contributed by atoms with Crippen LogP contribution in [0.15, 0.2) is 12.3 Å². The molecule has 0 saturated heterocycles. The van der Waals surface area contributed by atoms with Crippen molar-refractivity contribution in [3.63, 3.8) is 0 Å². The average molecular weight is 401 g/mol. The fourth-order valence-electron chi connectivity index (χ4n) is 2.17. The standard InChI is InChI=1S/C16H21ClN4O2S2/c1-4-11-8-12(15(22)23-3)14(25-11)19-16(24)18-6-5-7-21-9-13(17)10(2)20-21/h8-9H,4-7H2,1-3H3,(H2,18,19,24). The summed E-state index contributed by atoms with van der Waals surface area (Å²) in [5.74, 6) is -0.368. The summed E-state index contributed by atoms with van der Waals surface area (Å²) in [7, 11) is 1.37. The predicted octanol–water partition coefficient (Wildman–Crippen LogP) is 3.63. The molecule has 0 radical (unpaired) electrons. The smallest absolute Gasteiger partial charge is 0.340 e. The zero-order chi connectivity index (χ0) is 18.4. The zero-order valence-electron chi connectivity index (χ0n) is 14.4. The molecule has 2 N–H and O–H groups in total. The van der Waals surface area contributed by atoms with Crippen LogP contribution in [0.4, 0.5) is 5.00 Å². The molecular weight excluding hydrogens is 380 g/mol. The first-order chi connectivity index (χ1) is 11.9. The molecule has 0 unspecified atom stereocenters. The van der Waals surface area contributed by atoms with Crippen LogP contribution >= 0.6 is 35.2 Å². The number of thiocarbonyl (C=S) groups is 1. The van der Waals surface area contributed by atoms with E-state index in [1.807, 2.05) is 30.8 Å². The van der Waals surface area contributed by atoms with Crippen molar-refractivity contribution in [2.24, 2.45) is 0 Å². The van der Waals surface area contributed by atoms with Gasteiger partial charge in [-0.3, -0.25) is 4.68 Å². The van der Waals surface area contributed by atoms with E-state index in [2.05, 4.69) is 15.7 Å². The Hall–Kier alpha value is -1.64. The van der Waals surface area contributed by atoms with Crippen molar-refractivity contribution in [2.75, 3.05) is 19.0 Å². The van der Waals surface area contributed by atoms with Gasteiger partial charge < -0.3 is 15.4 Å². The molecule has 2 heterocycles. The fraction of sp³-hybridized carbons (Fsp3) is 0.438. The van der Waals surface area contributed by atoms with Crippen molar-refractivity contribution in [1.29, 1.82) is 0 Å². The number of methoxy groups -OCH3 is 1. The van der Waals surface area contributed by atoms with Gasteiger partial charge in [0.2, 0.25) is 0 Å². The van der Waals surface area contributed by atoms with Gasteiger partial charge in [0.05, 0.1) is 23.4 Å². The van der Waals surface area contributed by atoms with E-state index in [-0.39, 0.29) is 5.97 Å². The van der Waals surface area contributed by atoms with Crippen LogP contribution in [0.5, 0.6) is 0 Å². The Labute approximate surface area is 161 Å². The number of nitrogens with zero attached hydrogens (tertiary/aromatic N) is 2. The first kappa shape index (κ1) is 19.7. The number of esters is 1. The fourth-order valence-corrected chi connectivity index (χ4v) is 3.58. The minimum absolute atomic E-state index is 0.368. The van der Waals surface area contributed by atoms with Crippen LogP contribution in [0.3, 0.4) is 0 Å². The summed E-state index contributed by atoms with van der Waals surface area (Å²) in [6.45, 7) is 5.34. The second-order valence-corrected chi connectivity index (χ2v) is 7.31. The van der Waals surface area contributed by atoms with Crippen LogP contribution in [0.25, 0.3) is 0 Å². The van der Waals surface area contributed by atoms with E-state index in [9.17, 15) is 4.79 Å². The monoisotopic (exact) mass is 400 g/mol. The lowest BCUT2D eigenvalue weighted by Gasteiger charge is -2.10. The summed E-state index contributed by atoms with van der Waals surface area (Å²) in [5, 5.41) is 12.4. The van der Waals surface area contributed by atoms with Crippen molar-refractivity contribution in [1.82, 2.24) is 15.1 Å². The van der Waals surface area contributed by atoms with E-state index in [0.717, 1.165) is 30.0 Å². The minimum Gasteiger partial charge on any atom is -0.465 e. The van der Waals surface area contributed by atoms with Crippen LogP contribution in [-0.4, -0.2) is 34.5 Å². The van der Waals surface area contributed by atoms with Crippen LogP contribution in [0, 0.1) is 6.92 Å². The van der Waals surface area contributed by atoms with E-state index in [4.69, 9.17) is 28.6 Å². The molecule has 136 valence electrons. The van der Waals surface area contributed by atoms with E-state index < -0.39 is 0 Å². The molecule has 6 nitrogen and oxygen atoms in total. The van der Waals surface area contributed by atoms with Gasteiger partial charge in [-0.05, 0) is 38.0 Å². The number of hydrogen-bond donors (Lipinski definition) is 2. The Balaban J connectivity index is 1.83. The van der Waals surface area contributed by atoms with Gasteiger partial charge in [-0.1, -0.05) is 18.5 Å². The molecule has 2 aromatic rings. The number of halogens is 1. The summed E-state index contributed by atoms with van der Waals surface area (Å²) in [4.78, 5) is 12.9. The van der Waals surface area contributed by atoms with Gasteiger partial charge in [0, 0.05) is 24.2 Å². The number of rotatable bonds is 7. The maximum absolute atomic E-state index is 11.9. The van der Waals surface area contributed by atoms with Gasteiger partial charge >= 0.3 is 5.97 Å². The summed E-state index contributed by atoms with van der Waals surface area (Å²) in [6.07, 6.45) is 3.50. The molecule has 9 heteroatoms. The van der Waals surface area contributed by atoms with Crippen LogP contribution in [0.2, 0.25) is 5.02 Å². The van der Waals surface area contributed by atoms with Gasteiger partial charge in [0.25, 0.3) is 0 Å². The van der Waals surface area contributed by atoms with Crippen molar-refractivity contribution >= 4 is 51.2 Å². The summed E-state index contributed by atoms with van der Waals surface area (Å²) < 4.78 is 6.64. The van der Waals surface area contributed by atoms with Gasteiger partial charge in [0.1, 0.15) is 5.00 Å². The molecule has 2 aromatic heterocycles. The molecule has 2 rings (SSSR count). The SMILES string of the molecule is CCc1cc(C(=O)OC)c(NC(=S)NCCCn2cc(Cl)c(C)n2)s1. The average Bonchev–Trinajstić information content (AvgIpc) is 3.14. The zero-order valence-corrected chi connectivity index (χ0v) is 16.8. The molecule has 0 aliphatic heterocycles. The molecule has 0 bridgehead atoms. The van der Waals surface area contributed by atoms with Crippen molar-refractivity contribution in [3.05, 3.63) is 33.4 Å². The highest BCUT2D eigenvalue weighted by molar-refractivity contribution is 7.80. The third-order valence-corrected chi connectivity index (χ3v) is 5.31. The Morgan fingerprint density at radius 3 is 2.88 bits per heavy atom. The summed E-state index contributed by atoms with van der Waals surface area (Å²) >= 11 is 12.8. The maximum Gasteiger partial charge on any atom is 0.340 e. The maximum atomic E-state index is 11.9. The number of anilines is 1. The van der Waals surface area contributed by atoms with E-state index in [0.29, 0.717) is 27.2 Å². The van der Waals surface area contributed by atoms with E-state index in [1.54, 1.807) is 0 Å². The molecule has 0 atom stereocenters. The molecule has 25 heavy (non-hydrogen) atoms. The second-order valence-electron chi connectivity index (χ2n) is 5.36. The third kappa shape index (κ3) is 5.42.